The maximum Gasteiger partial charge on any atom is 0.126 e. The van der Waals surface area contributed by atoms with E-state index in [2.05, 4.69) is 15.0 Å². The van der Waals surface area contributed by atoms with Gasteiger partial charge in [-0.25, -0.2) is 15.0 Å². The molecule has 96 valence electrons. The van der Waals surface area contributed by atoms with Gasteiger partial charge in [-0.15, -0.1) is 0 Å². The van der Waals surface area contributed by atoms with Gasteiger partial charge in [0.15, 0.2) is 0 Å². The van der Waals surface area contributed by atoms with Crippen LogP contribution in [-0.2, 0) is 0 Å². The number of rotatable bonds is 0. The Kier molecular flexibility index (Phi) is 2.15. The number of hydrogen-bond donors (Lipinski definition) is 1. The van der Waals surface area contributed by atoms with Crippen LogP contribution in [0.25, 0.3) is 5.70 Å². The minimum absolute atomic E-state index is 0.234. The summed E-state index contributed by atoms with van der Waals surface area (Å²) < 4.78 is 0. The van der Waals surface area contributed by atoms with Crippen LogP contribution in [0, 0.1) is 17.4 Å². The van der Waals surface area contributed by atoms with Gasteiger partial charge in [0.1, 0.15) is 12.1 Å². The molecule has 0 saturated carbocycles. The Morgan fingerprint density at radius 2 is 1.95 bits per heavy atom. The molecule has 2 aliphatic heterocycles. The highest BCUT2D eigenvalue weighted by Gasteiger charge is 2.13. The van der Waals surface area contributed by atoms with E-state index in [9.17, 15) is 5.11 Å². The molecule has 0 atom stereocenters. The number of para-hydroxylation sites is 1. The van der Waals surface area contributed by atoms with Crippen LogP contribution in [0.1, 0.15) is 5.56 Å². The largest absolute Gasteiger partial charge is 0.507 e. The zero-order valence-electron chi connectivity index (χ0n) is 10.8. The lowest BCUT2D eigenvalue weighted by Crippen LogP contribution is -2.09. The van der Waals surface area contributed by atoms with Crippen molar-refractivity contribution in [2.24, 2.45) is 15.0 Å². The fourth-order valence-electron chi connectivity index (χ4n) is 2.70. The van der Waals surface area contributed by atoms with Gasteiger partial charge in [-0.3, -0.25) is 0 Å². The molecular weight excluding hydrogens is 250 g/mol. The van der Waals surface area contributed by atoms with Crippen LogP contribution in [-0.4, -0.2) is 17.7 Å². The number of benzene rings is 2. The average molecular weight is 261 g/mol. The number of nitrogens with zero attached hydrogens (tertiary/aromatic N) is 3. The van der Waals surface area contributed by atoms with Crippen molar-refractivity contribution in [1.82, 2.24) is 0 Å². The second-order valence-electron chi connectivity index (χ2n) is 4.83. The quantitative estimate of drug-likeness (QED) is 0.654. The van der Waals surface area contributed by atoms with Gasteiger partial charge < -0.3 is 5.11 Å². The van der Waals surface area contributed by atoms with Crippen LogP contribution in [0.3, 0.4) is 0 Å². The number of phenolic OH excluding ortho intramolecular Hbond substituents is 1. The van der Waals surface area contributed by atoms with Crippen molar-refractivity contribution >= 4 is 23.9 Å². The SMILES string of the molecule is Cc1c2c(c(O)cc1=C1C=NC=N1)=c1ccccc1=N2. The van der Waals surface area contributed by atoms with Gasteiger partial charge in [-0.05, 0) is 24.6 Å². The fraction of sp³-hybridized carbons (Fsp3) is 0.0625. The molecule has 0 amide bonds. The zero-order chi connectivity index (χ0) is 13.7. The van der Waals surface area contributed by atoms with E-state index in [-0.39, 0.29) is 5.75 Å². The lowest BCUT2D eigenvalue weighted by atomic mass is 10.1. The van der Waals surface area contributed by atoms with Gasteiger partial charge in [0.25, 0.3) is 0 Å². The molecule has 1 N–H and O–H groups in total. The molecule has 0 unspecified atom stereocenters. The molecule has 0 saturated heterocycles. The summed E-state index contributed by atoms with van der Waals surface area (Å²) in [7, 11) is 0. The normalized spacial score (nSPS) is 17.1. The zero-order valence-corrected chi connectivity index (χ0v) is 10.8. The molecule has 20 heavy (non-hydrogen) atoms. The summed E-state index contributed by atoms with van der Waals surface area (Å²) in [4.78, 5) is 12.8. The fourth-order valence-corrected chi connectivity index (χ4v) is 2.70. The van der Waals surface area contributed by atoms with Crippen LogP contribution in [0.5, 0.6) is 5.75 Å². The minimum atomic E-state index is 0.234. The van der Waals surface area contributed by atoms with E-state index in [1.165, 1.54) is 6.34 Å². The molecule has 0 spiro atoms. The Labute approximate surface area is 114 Å². The second kappa shape index (κ2) is 3.87. The first-order valence-corrected chi connectivity index (χ1v) is 6.36. The van der Waals surface area contributed by atoms with Crippen molar-refractivity contribution < 1.29 is 5.11 Å². The Balaban J connectivity index is 2.26. The van der Waals surface area contributed by atoms with Crippen molar-refractivity contribution in [2.45, 2.75) is 6.92 Å². The van der Waals surface area contributed by atoms with E-state index < -0.39 is 0 Å². The first kappa shape index (κ1) is 11.1. The number of aliphatic imine (C=N–C) groups is 2. The van der Waals surface area contributed by atoms with E-state index in [0.29, 0.717) is 0 Å². The Morgan fingerprint density at radius 3 is 2.75 bits per heavy atom. The van der Waals surface area contributed by atoms with E-state index in [1.54, 1.807) is 12.3 Å². The van der Waals surface area contributed by atoms with Gasteiger partial charge >= 0.3 is 0 Å². The minimum Gasteiger partial charge on any atom is -0.507 e. The number of hydrogen-bond acceptors (Lipinski definition) is 4. The van der Waals surface area contributed by atoms with E-state index in [0.717, 1.165) is 38.0 Å². The molecule has 4 rings (SSSR count). The predicted molar refractivity (Wildman–Crippen MR) is 77.8 cm³/mol. The third-order valence-electron chi connectivity index (χ3n) is 3.68. The van der Waals surface area contributed by atoms with Crippen molar-refractivity contribution in [3.8, 4) is 5.75 Å². The molecule has 0 aliphatic carbocycles. The smallest absolute Gasteiger partial charge is 0.126 e. The molecule has 0 fully saturated rings. The molecule has 4 heteroatoms. The molecule has 2 heterocycles. The average Bonchev–Trinajstić information content (AvgIpc) is 3.09. The van der Waals surface area contributed by atoms with Gasteiger partial charge in [0, 0.05) is 10.4 Å². The summed E-state index contributed by atoms with van der Waals surface area (Å²) in [6.07, 6.45) is 3.20. The summed E-state index contributed by atoms with van der Waals surface area (Å²) in [6, 6.07) is 9.58. The van der Waals surface area contributed by atoms with Crippen molar-refractivity contribution in [1.29, 1.82) is 0 Å². The van der Waals surface area contributed by atoms with Gasteiger partial charge in [0.2, 0.25) is 0 Å². The molecule has 0 aromatic heterocycles. The summed E-state index contributed by atoms with van der Waals surface area (Å²) in [5.74, 6) is 0.234. The first-order chi connectivity index (χ1) is 9.75. The molecule has 4 nitrogen and oxygen atoms in total. The highest BCUT2D eigenvalue weighted by atomic mass is 16.3. The molecule has 2 aromatic rings. The van der Waals surface area contributed by atoms with Crippen molar-refractivity contribution in [2.75, 3.05) is 0 Å². The summed E-state index contributed by atoms with van der Waals surface area (Å²) >= 11 is 0. The van der Waals surface area contributed by atoms with E-state index in [4.69, 9.17) is 0 Å². The second-order valence-corrected chi connectivity index (χ2v) is 4.83. The molecule has 2 aromatic carbocycles. The van der Waals surface area contributed by atoms with E-state index >= 15 is 0 Å². The number of phenols is 1. The van der Waals surface area contributed by atoms with Gasteiger partial charge in [-0.1, -0.05) is 18.2 Å². The maximum atomic E-state index is 10.4. The molecular formula is C16H11N3O. The third-order valence-corrected chi connectivity index (χ3v) is 3.68. The number of aromatic hydroxyl groups is 1. The van der Waals surface area contributed by atoms with Gasteiger partial charge in [0.05, 0.1) is 28.2 Å². The highest BCUT2D eigenvalue weighted by Crippen LogP contribution is 2.27. The standard InChI is InChI=1S/C16H11N3O/c1-9-11(13-7-17-8-18-13)6-14(20)15-10-4-2-3-5-12(10)19-16(9)15/h2-8,20H,1H3. The number of fused-ring (bicyclic) bond motifs is 2. The Morgan fingerprint density at radius 1 is 1.10 bits per heavy atom. The maximum absolute atomic E-state index is 10.4. The predicted octanol–water partition coefficient (Wildman–Crippen LogP) is 1.47. The molecule has 0 radical (unpaired) electrons. The molecule has 2 aliphatic rings. The summed E-state index contributed by atoms with van der Waals surface area (Å²) in [6.45, 7) is 2.00. The topological polar surface area (TPSA) is 57.3 Å². The first-order valence-electron chi connectivity index (χ1n) is 6.36. The lowest BCUT2D eigenvalue weighted by molar-refractivity contribution is 0.471. The lowest BCUT2D eigenvalue weighted by Gasteiger charge is -2.03. The summed E-state index contributed by atoms with van der Waals surface area (Å²) in [5.41, 5.74) is 2.59. The third kappa shape index (κ3) is 1.39. The monoisotopic (exact) mass is 261 g/mol. The van der Waals surface area contributed by atoms with Gasteiger partial charge in [-0.2, -0.15) is 0 Å². The van der Waals surface area contributed by atoms with E-state index in [1.807, 2.05) is 31.2 Å². The van der Waals surface area contributed by atoms with Crippen LogP contribution < -0.4 is 10.6 Å². The molecule has 0 bridgehead atoms. The van der Waals surface area contributed by atoms with Crippen LogP contribution in [0.2, 0.25) is 0 Å². The highest BCUT2D eigenvalue weighted by molar-refractivity contribution is 6.10. The van der Waals surface area contributed by atoms with Crippen molar-refractivity contribution in [3.05, 3.63) is 56.9 Å². The van der Waals surface area contributed by atoms with Crippen molar-refractivity contribution in [3.63, 3.8) is 0 Å². The van der Waals surface area contributed by atoms with Crippen LogP contribution in [0.15, 0.2) is 45.3 Å². The summed E-state index contributed by atoms with van der Waals surface area (Å²) in [5, 5.41) is 13.9. The Bertz CT molecular complexity index is 1000. The Hall–Kier alpha value is -2.75. The van der Waals surface area contributed by atoms with Crippen LogP contribution in [0.4, 0.5) is 5.69 Å². The van der Waals surface area contributed by atoms with Crippen LogP contribution >= 0.6 is 0 Å².